The molecule has 0 unspecified atom stereocenters. The Hall–Kier alpha value is -3.52. The summed E-state index contributed by atoms with van der Waals surface area (Å²) in [6, 6.07) is 18.5. The highest BCUT2D eigenvalue weighted by Crippen LogP contribution is 2.37. The van der Waals surface area contributed by atoms with Gasteiger partial charge in [0.15, 0.2) is 11.5 Å². The van der Waals surface area contributed by atoms with Crippen LogP contribution in [0.1, 0.15) is 22.8 Å². The summed E-state index contributed by atoms with van der Waals surface area (Å²) in [5.74, 6) is 0.781. The van der Waals surface area contributed by atoms with Crippen LogP contribution in [0.5, 0.6) is 11.5 Å². The molecule has 0 spiro atoms. The molecular formula is C24H22N2O5S. The van der Waals surface area contributed by atoms with Crippen molar-refractivity contribution in [1.82, 2.24) is 0 Å². The third-order valence-corrected chi connectivity index (χ3v) is 7.52. The predicted molar refractivity (Wildman–Crippen MR) is 121 cm³/mol. The van der Waals surface area contributed by atoms with Gasteiger partial charge >= 0.3 is 0 Å². The van der Waals surface area contributed by atoms with E-state index >= 15 is 0 Å². The Bertz CT molecular complexity index is 1310. The van der Waals surface area contributed by atoms with E-state index in [9.17, 15) is 13.2 Å². The number of para-hydroxylation sites is 1. The highest BCUT2D eigenvalue weighted by atomic mass is 32.2. The fraction of sp³-hybridized carbons (Fsp3) is 0.208. The first-order valence-corrected chi connectivity index (χ1v) is 11.8. The molecule has 164 valence electrons. The zero-order valence-electron chi connectivity index (χ0n) is 17.4. The molecule has 3 aromatic carbocycles. The monoisotopic (exact) mass is 450 g/mol. The van der Waals surface area contributed by atoms with Gasteiger partial charge in [-0.3, -0.25) is 9.10 Å². The maximum absolute atomic E-state index is 13.5. The van der Waals surface area contributed by atoms with Gasteiger partial charge in [0.05, 0.1) is 10.6 Å². The summed E-state index contributed by atoms with van der Waals surface area (Å²) < 4.78 is 39.4. The van der Waals surface area contributed by atoms with Crippen molar-refractivity contribution in [2.75, 3.05) is 22.8 Å². The standard InChI is InChI=1S/C24H22N2O5S/c1-16-13-17-5-2-3-8-21(17)26(16)32(28,29)20-7-4-6-18(14-20)24(27)25-19-9-10-22-23(15-19)31-12-11-30-22/h2-10,14-16H,11-13H2,1H3,(H,25,27)/t16-/m0/s1. The first-order chi connectivity index (χ1) is 15.4. The maximum atomic E-state index is 13.5. The molecule has 0 aromatic heterocycles. The third kappa shape index (κ3) is 3.56. The summed E-state index contributed by atoms with van der Waals surface area (Å²) in [6.07, 6.45) is 0.652. The van der Waals surface area contributed by atoms with E-state index in [2.05, 4.69) is 5.32 Å². The number of fused-ring (bicyclic) bond motifs is 2. The van der Waals surface area contributed by atoms with E-state index in [-0.39, 0.29) is 16.5 Å². The first kappa shape index (κ1) is 20.4. The van der Waals surface area contributed by atoms with Crippen molar-refractivity contribution in [3.05, 3.63) is 77.9 Å². The number of ether oxygens (including phenoxy) is 2. The van der Waals surface area contributed by atoms with Crippen molar-refractivity contribution in [3.8, 4) is 11.5 Å². The number of carbonyl (C=O) groups excluding carboxylic acids is 1. The highest BCUT2D eigenvalue weighted by Gasteiger charge is 2.36. The predicted octanol–water partition coefficient (Wildman–Crippen LogP) is 3.85. The van der Waals surface area contributed by atoms with Crippen LogP contribution in [0.25, 0.3) is 0 Å². The Balaban J connectivity index is 1.41. The van der Waals surface area contributed by atoms with Gasteiger partial charge in [-0.05, 0) is 55.3 Å². The van der Waals surface area contributed by atoms with Gasteiger partial charge in [-0.25, -0.2) is 8.42 Å². The lowest BCUT2D eigenvalue weighted by molar-refractivity contribution is 0.102. The second kappa shape index (κ2) is 7.87. The average Bonchev–Trinajstić information content (AvgIpc) is 3.15. The second-order valence-corrected chi connectivity index (χ2v) is 9.64. The number of rotatable bonds is 4. The minimum Gasteiger partial charge on any atom is -0.486 e. The van der Waals surface area contributed by atoms with Gasteiger partial charge in [0.1, 0.15) is 13.2 Å². The number of amides is 1. The van der Waals surface area contributed by atoms with E-state index < -0.39 is 15.9 Å². The van der Waals surface area contributed by atoms with Crippen molar-refractivity contribution in [2.45, 2.75) is 24.3 Å². The molecule has 1 atom stereocenters. The Morgan fingerprint density at radius 2 is 1.75 bits per heavy atom. The molecular weight excluding hydrogens is 428 g/mol. The Kier molecular flexibility index (Phi) is 5.01. The number of anilines is 2. The maximum Gasteiger partial charge on any atom is 0.264 e. The number of carbonyl (C=O) groups is 1. The molecule has 8 heteroatoms. The van der Waals surface area contributed by atoms with Crippen LogP contribution in [0.2, 0.25) is 0 Å². The summed E-state index contributed by atoms with van der Waals surface area (Å²) >= 11 is 0. The van der Waals surface area contributed by atoms with E-state index in [0.29, 0.717) is 42.5 Å². The van der Waals surface area contributed by atoms with Crippen molar-refractivity contribution in [2.24, 2.45) is 0 Å². The van der Waals surface area contributed by atoms with Crippen LogP contribution >= 0.6 is 0 Å². The molecule has 0 saturated carbocycles. The van der Waals surface area contributed by atoms with Crippen molar-refractivity contribution in [1.29, 1.82) is 0 Å². The van der Waals surface area contributed by atoms with E-state index in [1.165, 1.54) is 16.4 Å². The smallest absolute Gasteiger partial charge is 0.264 e. The van der Waals surface area contributed by atoms with Gasteiger partial charge in [-0.2, -0.15) is 0 Å². The molecule has 0 radical (unpaired) electrons. The summed E-state index contributed by atoms with van der Waals surface area (Å²) in [6.45, 7) is 2.82. The minimum atomic E-state index is -3.83. The zero-order valence-corrected chi connectivity index (χ0v) is 18.3. The van der Waals surface area contributed by atoms with Crippen LogP contribution in [0.4, 0.5) is 11.4 Å². The van der Waals surface area contributed by atoms with E-state index in [1.54, 1.807) is 30.3 Å². The largest absolute Gasteiger partial charge is 0.486 e. The molecule has 2 heterocycles. The van der Waals surface area contributed by atoms with Crippen LogP contribution in [-0.2, 0) is 16.4 Å². The van der Waals surface area contributed by atoms with Crippen LogP contribution < -0.4 is 19.1 Å². The Morgan fingerprint density at radius 1 is 0.969 bits per heavy atom. The minimum absolute atomic E-state index is 0.0795. The van der Waals surface area contributed by atoms with Gasteiger partial charge in [-0.1, -0.05) is 24.3 Å². The van der Waals surface area contributed by atoms with E-state index in [0.717, 1.165) is 5.56 Å². The third-order valence-electron chi connectivity index (χ3n) is 5.60. The highest BCUT2D eigenvalue weighted by molar-refractivity contribution is 7.92. The quantitative estimate of drug-likeness (QED) is 0.653. The van der Waals surface area contributed by atoms with Gasteiger partial charge in [0, 0.05) is 23.4 Å². The summed E-state index contributed by atoms with van der Waals surface area (Å²) in [7, 11) is -3.83. The van der Waals surface area contributed by atoms with Crippen LogP contribution in [0.15, 0.2) is 71.6 Å². The van der Waals surface area contributed by atoms with Crippen LogP contribution in [-0.4, -0.2) is 33.6 Å². The first-order valence-electron chi connectivity index (χ1n) is 10.4. The fourth-order valence-electron chi connectivity index (χ4n) is 4.14. The van der Waals surface area contributed by atoms with E-state index in [1.807, 2.05) is 31.2 Å². The molecule has 0 aliphatic carbocycles. The molecule has 5 rings (SSSR count). The Labute approximate surface area is 186 Å². The second-order valence-electron chi connectivity index (χ2n) is 7.82. The van der Waals surface area contributed by atoms with Gasteiger partial charge in [0.2, 0.25) is 0 Å². The summed E-state index contributed by atoms with van der Waals surface area (Å²) in [5.41, 5.74) is 2.47. The number of nitrogens with zero attached hydrogens (tertiary/aromatic N) is 1. The normalized spacial score (nSPS) is 17.0. The fourth-order valence-corrected chi connectivity index (χ4v) is 5.88. The number of hydrogen-bond donors (Lipinski definition) is 1. The molecule has 2 aliphatic rings. The Morgan fingerprint density at radius 3 is 2.59 bits per heavy atom. The van der Waals surface area contributed by atoms with E-state index in [4.69, 9.17) is 9.47 Å². The van der Waals surface area contributed by atoms with Gasteiger partial charge in [0.25, 0.3) is 15.9 Å². The molecule has 0 fully saturated rings. The molecule has 7 nitrogen and oxygen atoms in total. The summed E-state index contributed by atoms with van der Waals surface area (Å²) in [4.78, 5) is 12.9. The summed E-state index contributed by atoms with van der Waals surface area (Å²) in [5, 5.41) is 2.80. The number of nitrogens with one attached hydrogen (secondary N) is 1. The van der Waals surface area contributed by atoms with Crippen molar-refractivity contribution < 1.29 is 22.7 Å². The van der Waals surface area contributed by atoms with Crippen molar-refractivity contribution in [3.63, 3.8) is 0 Å². The van der Waals surface area contributed by atoms with Crippen LogP contribution in [0, 0.1) is 0 Å². The zero-order chi connectivity index (χ0) is 22.3. The molecule has 1 amide bonds. The van der Waals surface area contributed by atoms with Gasteiger partial charge < -0.3 is 14.8 Å². The average molecular weight is 451 g/mol. The van der Waals surface area contributed by atoms with Gasteiger partial charge in [-0.15, -0.1) is 0 Å². The molecule has 3 aromatic rings. The van der Waals surface area contributed by atoms with Crippen molar-refractivity contribution >= 4 is 27.3 Å². The SMILES string of the molecule is C[C@H]1Cc2ccccc2N1S(=O)(=O)c1cccc(C(=O)Nc2ccc3c(c2)OCCO3)c1. The lowest BCUT2D eigenvalue weighted by atomic mass is 10.1. The number of benzene rings is 3. The van der Waals surface area contributed by atoms with Crippen LogP contribution in [0.3, 0.4) is 0 Å². The molecule has 32 heavy (non-hydrogen) atoms. The lowest BCUT2D eigenvalue weighted by Crippen LogP contribution is -2.35. The number of hydrogen-bond acceptors (Lipinski definition) is 5. The lowest BCUT2D eigenvalue weighted by Gasteiger charge is -2.24. The number of sulfonamides is 1. The topological polar surface area (TPSA) is 84.9 Å². The molecule has 0 saturated heterocycles. The molecule has 1 N–H and O–H groups in total. The molecule has 2 aliphatic heterocycles. The molecule has 0 bridgehead atoms.